The van der Waals surface area contributed by atoms with Crippen LogP contribution in [0.3, 0.4) is 0 Å². The number of hydrogen-bond donors (Lipinski definition) is 4. The summed E-state index contributed by atoms with van der Waals surface area (Å²) in [7, 11) is 0. The average Bonchev–Trinajstić information content (AvgIpc) is 3.11. The number of amides is 2. The number of carbonyl (C=O) groups excluding carboxylic acids is 1. The predicted molar refractivity (Wildman–Crippen MR) is 116 cm³/mol. The van der Waals surface area contributed by atoms with Crippen molar-refractivity contribution < 1.29 is 9.18 Å². The third-order valence-electron chi connectivity index (χ3n) is 4.49. The van der Waals surface area contributed by atoms with E-state index in [1.807, 2.05) is 30.3 Å². The van der Waals surface area contributed by atoms with Crippen LogP contribution in [0.2, 0.25) is 0 Å². The maximum atomic E-state index is 13.9. The van der Waals surface area contributed by atoms with Gasteiger partial charge in [-0.3, -0.25) is 0 Å². The zero-order valence-electron chi connectivity index (χ0n) is 15.3. The van der Waals surface area contributed by atoms with Gasteiger partial charge in [-0.05, 0) is 58.6 Å². The highest BCUT2D eigenvalue weighted by atomic mass is 32.1. The molecule has 0 atom stereocenters. The molecule has 6 N–H and O–H groups in total. The molecule has 0 spiro atoms. The second kappa shape index (κ2) is 7.86. The molecule has 146 valence electrons. The van der Waals surface area contributed by atoms with Gasteiger partial charge in [0.15, 0.2) is 0 Å². The molecule has 6 nitrogen and oxygen atoms in total. The Labute approximate surface area is 170 Å². The highest BCUT2D eigenvalue weighted by Gasteiger charge is 2.11. The first-order valence-corrected chi connectivity index (χ1v) is 9.63. The number of halogens is 1. The summed E-state index contributed by atoms with van der Waals surface area (Å²) in [5, 5.41) is 6.12. The Bertz CT molecular complexity index is 1190. The third-order valence-corrected chi connectivity index (χ3v) is 5.32. The lowest BCUT2D eigenvalue weighted by molar-refractivity contribution is 0.262. The second-order valence-electron chi connectivity index (χ2n) is 6.42. The molecular formula is C21H18FN5OS. The van der Waals surface area contributed by atoms with E-state index < -0.39 is 11.8 Å². The van der Waals surface area contributed by atoms with Crippen molar-refractivity contribution >= 4 is 44.8 Å². The quantitative estimate of drug-likeness (QED) is 0.390. The molecule has 4 rings (SSSR count). The van der Waals surface area contributed by atoms with E-state index in [9.17, 15) is 9.18 Å². The molecule has 0 unspecified atom stereocenters. The highest BCUT2D eigenvalue weighted by Crippen LogP contribution is 2.35. The Morgan fingerprint density at radius 2 is 1.86 bits per heavy atom. The van der Waals surface area contributed by atoms with E-state index in [2.05, 4.69) is 15.0 Å². The molecule has 0 fully saturated rings. The molecule has 0 aliphatic rings. The van der Waals surface area contributed by atoms with E-state index in [-0.39, 0.29) is 12.2 Å². The first-order chi connectivity index (χ1) is 14.0. The zero-order valence-corrected chi connectivity index (χ0v) is 16.1. The summed E-state index contributed by atoms with van der Waals surface area (Å²) in [6.45, 7) is 0.259. The first-order valence-electron chi connectivity index (χ1n) is 8.86. The molecule has 0 radical (unpaired) electrons. The number of nitrogen functional groups attached to an aromatic ring is 1. The lowest BCUT2D eigenvalue weighted by Gasteiger charge is -2.10. The standard InChI is InChI=1S/C21H18FN5OS/c22-16-9-4-12(11-23)10-17(16)26-21(28)25-14-7-5-13(6-8-14)15-2-1-3-18-19(15)20(24)27-29-18/h1-10H,11,23H2,(H2,24,27)(H2,25,26,28). The van der Waals surface area contributed by atoms with Crippen LogP contribution < -0.4 is 22.1 Å². The smallest absolute Gasteiger partial charge is 0.323 e. The fraction of sp³-hybridized carbons (Fsp3) is 0.0476. The lowest BCUT2D eigenvalue weighted by atomic mass is 10.0. The van der Waals surface area contributed by atoms with Crippen LogP contribution in [0.1, 0.15) is 5.56 Å². The van der Waals surface area contributed by atoms with Crippen LogP contribution in [-0.4, -0.2) is 10.4 Å². The Balaban J connectivity index is 1.51. The van der Waals surface area contributed by atoms with Crippen LogP contribution in [0.5, 0.6) is 0 Å². The highest BCUT2D eigenvalue weighted by molar-refractivity contribution is 7.13. The number of aromatic nitrogens is 1. The lowest BCUT2D eigenvalue weighted by Crippen LogP contribution is -2.20. The number of hydrogen-bond acceptors (Lipinski definition) is 5. The normalized spacial score (nSPS) is 10.8. The van der Waals surface area contributed by atoms with Crippen LogP contribution in [0, 0.1) is 5.82 Å². The molecule has 4 aromatic rings. The Kier molecular flexibility index (Phi) is 5.11. The first kappa shape index (κ1) is 18.9. The van der Waals surface area contributed by atoms with Gasteiger partial charge in [-0.1, -0.05) is 30.3 Å². The summed E-state index contributed by atoms with van der Waals surface area (Å²) in [6, 6.07) is 17.1. The topological polar surface area (TPSA) is 106 Å². The van der Waals surface area contributed by atoms with Crippen LogP contribution >= 0.6 is 11.5 Å². The van der Waals surface area contributed by atoms with Crippen LogP contribution in [0.25, 0.3) is 21.2 Å². The molecule has 29 heavy (non-hydrogen) atoms. The average molecular weight is 407 g/mol. The molecule has 1 heterocycles. The van der Waals surface area contributed by atoms with E-state index in [1.54, 1.807) is 18.2 Å². The van der Waals surface area contributed by atoms with Crippen molar-refractivity contribution in [1.82, 2.24) is 4.37 Å². The number of rotatable bonds is 4. The summed E-state index contributed by atoms with van der Waals surface area (Å²) in [5.41, 5.74) is 14.9. The molecule has 0 bridgehead atoms. The summed E-state index contributed by atoms with van der Waals surface area (Å²) in [6.07, 6.45) is 0. The molecule has 0 saturated heterocycles. The number of urea groups is 1. The number of carbonyl (C=O) groups is 1. The van der Waals surface area contributed by atoms with Gasteiger partial charge in [-0.2, -0.15) is 4.37 Å². The number of anilines is 3. The van der Waals surface area contributed by atoms with E-state index in [4.69, 9.17) is 11.5 Å². The van der Waals surface area contributed by atoms with Gasteiger partial charge >= 0.3 is 6.03 Å². The minimum atomic E-state index is -0.542. The molecule has 1 aromatic heterocycles. The van der Waals surface area contributed by atoms with Gasteiger partial charge in [0.2, 0.25) is 0 Å². The fourth-order valence-electron chi connectivity index (χ4n) is 3.07. The molecule has 0 saturated carbocycles. The molecule has 8 heteroatoms. The Morgan fingerprint density at radius 3 is 2.62 bits per heavy atom. The number of nitrogens with two attached hydrogens (primary N) is 2. The van der Waals surface area contributed by atoms with E-state index >= 15 is 0 Å². The van der Waals surface area contributed by atoms with Crippen molar-refractivity contribution in [2.75, 3.05) is 16.4 Å². The third kappa shape index (κ3) is 3.89. The molecule has 2 amide bonds. The van der Waals surface area contributed by atoms with Crippen molar-refractivity contribution in [2.24, 2.45) is 5.73 Å². The van der Waals surface area contributed by atoms with Gasteiger partial charge in [0.1, 0.15) is 11.6 Å². The number of fused-ring (bicyclic) bond motifs is 1. The van der Waals surface area contributed by atoms with Gasteiger partial charge in [-0.25, -0.2) is 9.18 Å². The fourth-order valence-corrected chi connectivity index (χ4v) is 3.80. The molecular weight excluding hydrogens is 389 g/mol. The van der Waals surface area contributed by atoms with Crippen LogP contribution in [0.4, 0.5) is 26.4 Å². The van der Waals surface area contributed by atoms with Gasteiger partial charge < -0.3 is 22.1 Å². The van der Waals surface area contributed by atoms with Crippen LogP contribution in [0.15, 0.2) is 60.7 Å². The number of nitrogens with one attached hydrogen (secondary N) is 2. The van der Waals surface area contributed by atoms with Crippen molar-refractivity contribution in [3.05, 3.63) is 72.0 Å². The Hall–Kier alpha value is -3.49. The molecule has 0 aliphatic carbocycles. The van der Waals surface area contributed by atoms with E-state index in [0.29, 0.717) is 11.5 Å². The summed E-state index contributed by atoms with van der Waals surface area (Å²) in [5.74, 6) is -0.0216. The molecule has 0 aliphatic heterocycles. The van der Waals surface area contributed by atoms with E-state index in [0.717, 1.165) is 26.8 Å². The number of benzene rings is 3. The van der Waals surface area contributed by atoms with Gasteiger partial charge in [-0.15, -0.1) is 0 Å². The molecule has 3 aromatic carbocycles. The maximum absolute atomic E-state index is 13.9. The monoisotopic (exact) mass is 407 g/mol. The second-order valence-corrected chi connectivity index (χ2v) is 7.23. The van der Waals surface area contributed by atoms with Gasteiger partial charge in [0.05, 0.1) is 10.4 Å². The SMILES string of the molecule is NCc1ccc(F)c(NC(=O)Nc2ccc(-c3cccc4snc(N)c34)cc2)c1. The zero-order chi connectivity index (χ0) is 20.4. The van der Waals surface area contributed by atoms with Crippen molar-refractivity contribution in [2.45, 2.75) is 6.54 Å². The van der Waals surface area contributed by atoms with Crippen LogP contribution in [-0.2, 0) is 6.54 Å². The number of nitrogens with zero attached hydrogens (tertiary/aromatic N) is 1. The van der Waals surface area contributed by atoms with Crippen molar-refractivity contribution in [3.63, 3.8) is 0 Å². The Morgan fingerprint density at radius 1 is 1.07 bits per heavy atom. The minimum absolute atomic E-state index is 0.0779. The summed E-state index contributed by atoms with van der Waals surface area (Å²) < 4.78 is 19.1. The van der Waals surface area contributed by atoms with Crippen molar-refractivity contribution in [3.8, 4) is 11.1 Å². The van der Waals surface area contributed by atoms with Gasteiger partial charge in [0, 0.05) is 17.6 Å². The predicted octanol–water partition coefficient (Wildman–Crippen LogP) is 4.79. The van der Waals surface area contributed by atoms with Gasteiger partial charge in [0.25, 0.3) is 0 Å². The largest absolute Gasteiger partial charge is 0.382 e. The summed E-state index contributed by atoms with van der Waals surface area (Å²) in [4.78, 5) is 12.2. The maximum Gasteiger partial charge on any atom is 0.323 e. The van der Waals surface area contributed by atoms with Crippen molar-refractivity contribution in [1.29, 1.82) is 0 Å². The summed E-state index contributed by atoms with van der Waals surface area (Å²) >= 11 is 1.36. The van der Waals surface area contributed by atoms with E-state index in [1.165, 1.54) is 23.7 Å². The minimum Gasteiger partial charge on any atom is -0.382 e.